The zero-order valence-electron chi connectivity index (χ0n) is 11.6. The van der Waals surface area contributed by atoms with E-state index in [1.807, 2.05) is 0 Å². The van der Waals surface area contributed by atoms with Crippen LogP contribution < -0.4 is 10.6 Å². The number of benzene rings is 1. The fourth-order valence-corrected chi connectivity index (χ4v) is 2.18. The quantitative estimate of drug-likeness (QED) is 0.837. The van der Waals surface area contributed by atoms with Gasteiger partial charge in [0.25, 0.3) is 0 Å². The van der Waals surface area contributed by atoms with Crippen molar-refractivity contribution in [2.75, 3.05) is 25.5 Å². The Bertz CT molecular complexity index is 519. The summed E-state index contributed by atoms with van der Waals surface area (Å²) in [6.07, 6.45) is 1.69. The largest absolute Gasteiger partial charge is 0.465 e. The van der Waals surface area contributed by atoms with Gasteiger partial charge in [0.1, 0.15) is 5.82 Å². The average molecular weight is 317 g/mol. The van der Waals surface area contributed by atoms with Crippen LogP contribution in [0.15, 0.2) is 18.2 Å². The molecular formula is C14H18ClFN2O3. The van der Waals surface area contributed by atoms with E-state index in [2.05, 4.69) is 15.4 Å². The van der Waals surface area contributed by atoms with Crippen LogP contribution in [0.4, 0.5) is 10.1 Å². The number of amides is 1. The molecule has 2 N–H and O–H groups in total. The van der Waals surface area contributed by atoms with Crippen molar-refractivity contribution in [3.8, 4) is 0 Å². The number of esters is 1. The van der Waals surface area contributed by atoms with Crippen LogP contribution >= 0.6 is 12.4 Å². The van der Waals surface area contributed by atoms with Gasteiger partial charge < -0.3 is 15.4 Å². The molecule has 21 heavy (non-hydrogen) atoms. The molecule has 1 amide bonds. The predicted octanol–water partition coefficient (Wildman–Crippen LogP) is 1.97. The molecule has 7 heteroatoms. The van der Waals surface area contributed by atoms with Gasteiger partial charge in [-0.1, -0.05) is 0 Å². The maximum Gasteiger partial charge on any atom is 0.337 e. The lowest BCUT2D eigenvalue weighted by molar-refractivity contribution is -0.120. The number of nitrogens with one attached hydrogen (secondary N) is 2. The molecule has 1 atom stereocenters. The predicted molar refractivity (Wildman–Crippen MR) is 79.2 cm³/mol. The minimum absolute atomic E-state index is 0. The third-order valence-electron chi connectivity index (χ3n) is 3.31. The lowest BCUT2D eigenvalue weighted by Gasteiger charge is -2.22. The zero-order chi connectivity index (χ0) is 14.5. The number of ether oxygens (including phenoxy) is 1. The molecule has 0 radical (unpaired) electrons. The number of rotatable bonds is 3. The maximum atomic E-state index is 13.7. The second-order valence-electron chi connectivity index (χ2n) is 4.72. The highest BCUT2D eigenvalue weighted by Gasteiger charge is 2.22. The van der Waals surface area contributed by atoms with Gasteiger partial charge in [-0.25, -0.2) is 9.18 Å². The highest BCUT2D eigenvalue weighted by atomic mass is 35.5. The van der Waals surface area contributed by atoms with Crippen LogP contribution in [0.2, 0.25) is 0 Å². The van der Waals surface area contributed by atoms with E-state index in [4.69, 9.17) is 0 Å². The van der Waals surface area contributed by atoms with E-state index in [0.29, 0.717) is 6.54 Å². The average Bonchev–Trinajstić information content (AvgIpc) is 2.49. The van der Waals surface area contributed by atoms with Crippen LogP contribution in [-0.4, -0.2) is 32.1 Å². The molecule has 0 bridgehead atoms. The van der Waals surface area contributed by atoms with Gasteiger partial charge in [0.15, 0.2) is 0 Å². The smallest absolute Gasteiger partial charge is 0.337 e. The molecule has 1 aromatic carbocycles. The summed E-state index contributed by atoms with van der Waals surface area (Å²) in [6, 6.07) is 3.75. The Labute approximate surface area is 128 Å². The van der Waals surface area contributed by atoms with Crippen molar-refractivity contribution in [3.63, 3.8) is 0 Å². The Balaban J connectivity index is 0.00000220. The number of carbonyl (C=O) groups is 2. The summed E-state index contributed by atoms with van der Waals surface area (Å²) in [5.41, 5.74) is 0.203. The van der Waals surface area contributed by atoms with E-state index in [0.717, 1.165) is 25.5 Å². The highest BCUT2D eigenvalue weighted by Crippen LogP contribution is 2.19. The number of hydrogen-bond acceptors (Lipinski definition) is 4. The molecule has 0 spiro atoms. The summed E-state index contributed by atoms with van der Waals surface area (Å²) in [5, 5.41) is 5.66. The Morgan fingerprint density at radius 3 is 2.81 bits per heavy atom. The lowest BCUT2D eigenvalue weighted by atomic mass is 9.98. The SMILES string of the molecule is COC(=O)c1ccc(F)c(NC(=O)C2CCCNC2)c1.Cl. The minimum atomic E-state index is -0.574. The van der Waals surface area contributed by atoms with Crippen molar-refractivity contribution >= 4 is 30.0 Å². The first-order valence-electron chi connectivity index (χ1n) is 6.51. The first-order chi connectivity index (χ1) is 9.61. The van der Waals surface area contributed by atoms with Crippen molar-refractivity contribution < 1.29 is 18.7 Å². The molecule has 0 aromatic heterocycles. The van der Waals surface area contributed by atoms with Crippen LogP contribution in [0.5, 0.6) is 0 Å². The normalized spacial score (nSPS) is 17.5. The van der Waals surface area contributed by atoms with Gasteiger partial charge in [-0.2, -0.15) is 0 Å². The molecule has 1 aromatic rings. The van der Waals surface area contributed by atoms with Gasteiger partial charge in [-0.3, -0.25) is 4.79 Å². The summed E-state index contributed by atoms with van der Waals surface area (Å²) in [6.45, 7) is 1.49. The molecule has 1 aliphatic rings. The summed E-state index contributed by atoms with van der Waals surface area (Å²) >= 11 is 0. The van der Waals surface area contributed by atoms with E-state index in [9.17, 15) is 14.0 Å². The topological polar surface area (TPSA) is 67.4 Å². The number of hydrogen-bond donors (Lipinski definition) is 2. The standard InChI is InChI=1S/C14H17FN2O3.ClH/c1-20-14(19)9-4-5-11(15)12(7-9)17-13(18)10-3-2-6-16-8-10;/h4-5,7,10,16H,2-3,6,8H2,1H3,(H,17,18);1H. The van der Waals surface area contributed by atoms with E-state index >= 15 is 0 Å². The second-order valence-corrected chi connectivity index (χ2v) is 4.72. The molecule has 1 aliphatic heterocycles. The second kappa shape index (κ2) is 7.95. The van der Waals surface area contributed by atoms with Crippen molar-refractivity contribution in [2.24, 2.45) is 5.92 Å². The summed E-state index contributed by atoms with van der Waals surface area (Å²) in [7, 11) is 1.25. The van der Waals surface area contributed by atoms with E-state index in [1.54, 1.807) is 0 Å². The zero-order valence-corrected chi connectivity index (χ0v) is 12.5. The number of piperidine rings is 1. The van der Waals surface area contributed by atoms with Crippen molar-refractivity contribution in [3.05, 3.63) is 29.6 Å². The molecule has 2 rings (SSSR count). The molecule has 5 nitrogen and oxygen atoms in total. The van der Waals surface area contributed by atoms with Gasteiger partial charge in [0, 0.05) is 6.54 Å². The van der Waals surface area contributed by atoms with Gasteiger partial charge in [-0.15, -0.1) is 12.4 Å². The summed E-state index contributed by atoms with van der Waals surface area (Å²) < 4.78 is 18.3. The Hall–Kier alpha value is -1.66. The number of halogens is 2. The van der Waals surface area contributed by atoms with Crippen LogP contribution in [0, 0.1) is 11.7 Å². The Morgan fingerprint density at radius 1 is 1.43 bits per heavy atom. The molecule has 0 saturated carbocycles. The van der Waals surface area contributed by atoms with E-state index < -0.39 is 11.8 Å². The lowest BCUT2D eigenvalue weighted by Crippen LogP contribution is -2.37. The van der Waals surface area contributed by atoms with Crippen LogP contribution in [0.1, 0.15) is 23.2 Å². The molecule has 0 aliphatic carbocycles. The van der Waals surface area contributed by atoms with Gasteiger partial charge >= 0.3 is 5.97 Å². The van der Waals surface area contributed by atoms with Crippen molar-refractivity contribution in [1.82, 2.24) is 5.32 Å². The molecular weight excluding hydrogens is 299 g/mol. The number of anilines is 1. The highest BCUT2D eigenvalue weighted by molar-refractivity contribution is 5.95. The number of carbonyl (C=O) groups excluding carboxylic acids is 2. The molecule has 1 fully saturated rings. The molecule has 1 saturated heterocycles. The van der Waals surface area contributed by atoms with Gasteiger partial charge in [0.2, 0.25) is 5.91 Å². The van der Waals surface area contributed by atoms with Gasteiger partial charge in [0.05, 0.1) is 24.3 Å². The molecule has 116 valence electrons. The fraction of sp³-hybridized carbons (Fsp3) is 0.429. The van der Waals surface area contributed by atoms with Crippen LogP contribution in [-0.2, 0) is 9.53 Å². The summed E-state index contributed by atoms with van der Waals surface area (Å²) in [4.78, 5) is 23.4. The Morgan fingerprint density at radius 2 is 2.19 bits per heavy atom. The van der Waals surface area contributed by atoms with Crippen LogP contribution in [0.25, 0.3) is 0 Å². The van der Waals surface area contributed by atoms with E-state index in [1.165, 1.54) is 19.2 Å². The fourth-order valence-electron chi connectivity index (χ4n) is 2.18. The third kappa shape index (κ3) is 4.41. The van der Waals surface area contributed by atoms with E-state index in [-0.39, 0.29) is 35.5 Å². The third-order valence-corrected chi connectivity index (χ3v) is 3.31. The first kappa shape index (κ1) is 17.4. The van der Waals surface area contributed by atoms with Crippen molar-refractivity contribution in [2.45, 2.75) is 12.8 Å². The number of methoxy groups -OCH3 is 1. The Kier molecular flexibility index (Phi) is 6.58. The minimum Gasteiger partial charge on any atom is -0.465 e. The van der Waals surface area contributed by atoms with Crippen LogP contribution in [0.3, 0.4) is 0 Å². The maximum absolute atomic E-state index is 13.7. The molecule has 1 unspecified atom stereocenters. The first-order valence-corrected chi connectivity index (χ1v) is 6.51. The summed E-state index contributed by atoms with van der Waals surface area (Å²) in [5.74, 6) is -1.56. The van der Waals surface area contributed by atoms with Gasteiger partial charge in [-0.05, 0) is 37.6 Å². The van der Waals surface area contributed by atoms with Crippen molar-refractivity contribution in [1.29, 1.82) is 0 Å². The monoisotopic (exact) mass is 316 g/mol. The molecule has 1 heterocycles.